The van der Waals surface area contributed by atoms with Gasteiger partial charge in [-0.2, -0.15) is 0 Å². The lowest BCUT2D eigenvalue weighted by Gasteiger charge is -2.11. The number of cyclic esters (lactones) is 1. The molecule has 0 bridgehead atoms. The van der Waals surface area contributed by atoms with Crippen molar-refractivity contribution < 1.29 is 19.0 Å². The molecule has 0 fully saturated rings. The topological polar surface area (TPSA) is 57.1 Å². The summed E-state index contributed by atoms with van der Waals surface area (Å²) in [5, 5.41) is 1.13. The summed E-state index contributed by atoms with van der Waals surface area (Å²) in [6.45, 7) is 0.367. The molecule has 0 unspecified atom stereocenters. The van der Waals surface area contributed by atoms with Crippen molar-refractivity contribution in [3.05, 3.63) is 99.2 Å². The highest BCUT2D eigenvalue weighted by Gasteiger charge is 2.25. The van der Waals surface area contributed by atoms with Crippen molar-refractivity contribution in [3.63, 3.8) is 0 Å². The smallest absolute Gasteiger partial charge is 0.363 e. The number of carbonyl (C=O) groups is 1. The largest absolute Gasteiger partial charge is 0.493 e. The number of hydrogen-bond acceptors (Lipinski definition) is 5. The predicted molar refractivity (Wildman–Crippen MR) is 121 cm³/mol. The highest BCUT2D eigenvalue weighted by atomic mass is 35.5. The maximum atomic E-state index is 12.3. The average Bonchev–Trinajstić information content (AvgIpc) is 3.14. The maximum absolute atomic E-state index is 12.3. The van der Waals surface area contributed by atoms with Gasteiger partial charge in [0.2, 0.25) is 5.90 Å². The van der Waals surface area contributed by atoms with Gasteiger partial charge in [0.1, 0.15) is 6.61 Å². The van der Waals surface area contributed by atoms with Gasteiger partial charge < -0.3 is 14.2 Å². The fraction of sp³-hybridized carbons (Fsp3) is 0.0833. The number of carbonyl (C=O) groups excluding carboxylic acids is 1. The quantitative estimate of drug-likeness (QED) is 0.343. The summed E-state index contributed by atoms with van der Waals surface area (Å²) in [5.41, 5.74) is 2.43. The first-order valence-corrected chi connectivity index (χ1v) is 10.1. The molecule has 156 valence electrons. The van der Waals surface area contributed by atoms with E-state index in [1.807, 2.05) is 30.3 Å². The summed E-state index contributed by atoms with van der Waals surface area (Å²) in [6, 6.07) is 19.8. The number of nitrogens with zero attached hydrogens (tertiary/aromatic N) is 1. The Morgan fingerprint density at radius 3 is 2.52 bits per heavy atom. The van der Waals surface area contributed by atoms with Gasteiger partial charge in [-0.1, -0.05) is 53.5 Å². The summed E-state index contributed by atoms with van der Waals surface area (Å²) in [6.07, 6.45) is 1.62. The SMILES string of the molecule is COc1cc(/C=C2\N=C(c3ccccc3Cl)OC2=O)ccc1OCc1ccc(Cl)cc1. The standard InChI is InChI=1S/C24H17Cl2NO4/c1-29-22-13-16(8-11-21(22)30-14-15-6-9-17(25)10-7-15)12-20-24(28)31-23(27-20)18-4-2-3-5-19(18)26/h2-13H,14H2,1H3/b20-12-. The summed E-state index contributed by atoms with van der Waals surface area (Å²) >= 11 is 12.1. The fourth-order valence-corrected chi connectivity index (χ4v) is 3.29. The number of aliphatic imine (C=N–C) groups is 1. The molecule has 0 aromatic heterocycles. The fourth-order valence-electron chi connectivity index (χ4n) is 2.95. The molecule has 0 N–H and O–H groups in total. The van der Waals surface area contributed by atoms with Crippen molar-refractivity contribution in [2.75, 3.05) is 7.11 Å². The van der Waals surface area contributed by atoms with Crippen LogP contribution in [0.15, 0.2) is 77.4 Å². The van der Waals surface area contributed by atoms with Crippen molar-refractivity contribution in [2.45, 2.75) is 6.61 Å². The molecule has 1 aliphatic heterocycles. The van der Waals surface area contributed by atoms with E-state index < -0.39 is 5.97 Å². The second kappa shape index (κ2) is 9.25. The van der Waals surface area contributed by atoms with Gasteiger partial charge in [-0.25, -0.2) is 9.79 Å². The molecule has 0 amide bonds. The number of hydrogen-bond donors (Lipinski definition) is 0. The Kier molecular flexibility index (Phi) is 6.26. The van der Waals surface area contributed by atoms with Gasteiger partial charge in [0.25, 0.3) is 0 Å². The Morgan fingerprint density at radius 2 is 1.77 bits per heavy atom. The van der Waals surface area contributed by atoms with Crippen molar-refractivity contribution in [1.29, 1.82) is 0 Å². The highest BCUT2D eigenvalue weighted by Crippen LogP contribution is 2.31. The van der Waals surface area contributed by atoms with Crippen LogP contribution >= 0.6 is 23.2 Å². The second-order valence-electron chi connectivity index (χ2n) is 6.64. The zero-order chi connectivity index (χ0) is 21.8. The van der Waals surface area contributed by atoms with Crippen LogP contribution in [0.1, 0.15) is 16.7 Å². The van der Waals surface area contributed by atoms with Crippen LogP contribution in [0.2, 0.25) is 10.0 Å². The Balaban J connectivity index is 1.54. The molecular formula is C24H17Cl2NO4. The predicted octanol–water partition coefficient (Wildman–Crippen LogP) is 5.93. The van der Waals surface area contributed by atoms with Crippen molar-refractivity contribution >= 4 is 41.1 Å². The molecule has 1 heterocycles. The van der Waals surface area contributed by atoms with E-state index in [0.717, 1.165) is 5.56 Å². The third kappa shape index (κ3) is 4.90. The van der Waals surface area contributed by atoms with Crippen LogP contribution in [0.4, 0.5) is 0 Å². The van der Waals surface area contributed by atoms with E-state index in [0.29, 0.717) is 39.3 Å². The summed E-state index contributed by atoms with van der Waals surface area (Å²) in [7, 11) is 1.55. The monoisotopic (exact) mass is 453 g/mol. The van der Waals surface area contributed by atoms with Crippen LogP contribution in [0.25, 0.3) is 6.08 Å². The van der Waals surface area contributed by atoms with Crippen LogP contribution in [0.5, 0.6) is 11.5 Å². The first-order valence-electron chi connectivity index (χ1n) is 9.36. The van der Waals surface area contributed by atoms with Crippen LogP contribution < -0.4 is 9.47 Å². The number of rotatable bonds is 6. The Bertz CT molecular complexity index is 1190. The van der Waals surface area contributed by atoms with Gasteiger partial charge >= 0.3 is 5.97 Å². The minimum absolute atomic E-state index is 0.173. The Morgan fingerprint density at radius 1 is 1.00 bits per heavy atom. The third-order valence-corrected chi connectivity index (χ3v) is 5.11. The van der Waals surface area contributed by atoms with E-state index in [1.165, 1.54) is 0 Å². The van der Waals surface area contributed by atoms with E-state index in [-0.39, 0.29) is 11.6 Å². The number of ether oxygens (including phenoxy) is 3. The lowest BCUT2D eigenvalue weighted by atomic mass is 10.1. The molecule has 4 rings (SSSR count). The minimum Gasteiger partial charge on any atom is -0.493 e. The third-order valence-electron chi connectivity index (χ3n) is 4.52. The van der Waals surface area contributed by atoms with Crippen LogP contribution in [-0.4, -0.2) is 19.0 Å². The van der Waals surface area contributed by atoms with Crippen molar-refractivity contribution in [2.24, 2.45) is 4.99 Å². The molecule has 7 heteroatoms. The average molecular weight is 454 g/mol. The molecule has 1 aliphatic rings. The molecule has 31 heavy (non-hydrogen) atoms. The van der Waals surface area contributed by atoms with Gasteiger partial charge in [0.05, 0.1) is 17.7 Å². The van der Waals surface area contributed by atoms with E-state index in [9.17, 15) is 4.79 Å². The van der Waals surface area contributed by atoms with Crippen molar-refractivity contribution in [1.82, 2.24) is 0 Å². The van der Waals surface area contributed by atoms with Gasteiger partial charge in [-0.15, -0.1) is 0 Å². The van der Waals surface area contributed by atoms with E-state index in [1.54, 1.807) is 49.6 Å². The molecule has 5 nitrogen and oxygen atoms in total. The molecule has 0 aliphatic carbocycles. The molecule has 3 aromatic rings. The normalized spacial score (nSPS) is 14.4. The molecule has 0 radical (unpaired) electrons. The van der Waals surface area contributed by atoms with Crippen LogP contribution in [0, 0.1) is 0 Å². The van der Waals surface area contributed by atoms with Gasteiger partial charge in [-0.05, 0) is 53.6 Å². The summed E-state index contributed by atoms with van der Waals surface area (Å²) in [5.74, 6) is 0.743. The molecule has 0 atom stereocenters. The van der Waals surface area contributed by atoms with Gasteiger partial charge in [-0.3, -0.25) is 0 Å². The number of halogens is 2. The lowest BCUT2D eigenvalue weighted by Crippen LogP contribution is -2.05. The molecule has 3 aromatic carbocycles. The number of esters is 1. The minimum atomic E-state index is -0.544. The van der Waals surface area contributed by atoms with Crippen molar-refractivity contribution in [3.8, 4) is 11.5 Å². The highest BCUT2D eigenvalue weighted by molar-refractivity contribution is 6.34. The molecule has 0 saturated carbocycles. The Hall–Kier alpha value is -3.28. The number of methoxy groups -OCH3 is 1. The summed E-state index contributed by atoms with van der Waals surface area (Å²) in [4.78, 5) is 16.6. The maximum Gasteiger partial charge on any atom is 0.363 e. The zero-order valence-corrected chi connectivity index (χ0v) is 18.0. The summed E-state index contributed by atoms with van der Waals surface area (Å²) < 4.78 is 16.6. The van der Waals surface area contributed by atoms with E-state index in [2.05, 4.69) is 4.99 Å². The lowest BCUT2D eigenvalue weighted by molar-refractivity contribution is -0.129. The van der Waals surface area contributed by atoms with Crippen LogP contribution in [0.3, 0.4) is 0 Å². The second-order valence-corrected chi connectivity index (χ2v) is 7.48. The zero-order valence-electron chi connectivity index (χ0n) is 16.5. The molecule has 0 spiro atoms. The molecule has 0 saturated heterocycles. The van der Waals surface area contributed by atoms with E-state index in [4.69, 9.17) is 37.4 Å². The Labute approximate surface area is 189 Å². The van der Waals surface area contributed by atoms with Crippen LogP contribution in [-0.2, 0) is 16.1 Å². The van der Waals surface area contributed by atoms with E-state index >= 15 is 0 Å². The van der Waals surface area contributed by atoms with Gasteiger partial charge in [0, 0.05) is 5.02 Å². The first-order chi connectivity index (χ1) is 15.0. The first kappa shape index (κ1) is 21.0. The molecular weight excluding hydrogens is 437 g/mol. The van der Waals surface area contributed by atoms with Gasteiger partial charge in [0.15, 0.2) is 17.2 Å². The number of benzene rings is 3.